The fraction of sp³-hybridized carbons (Fsp3) is 0.214. The Balaban J connectivity index is 2.36. The van der Waals surface area contributed by atoms with Gasteiger partial charge in [-0.2, -0.15) is 5.26 Å². The van der Waals surface area contributed by atoms with E-state index >= 15 is 0 Å². The van der Waals surface area contributed by atoms with Gasteiger partial charge < -0.3 is 0 Å². The Morgan fingerprint density at radius 2 is 2.32 bits per heavy atom. The molecule has 94 valence electrons. The molecule has 0 atom stereocenters. The number of aromatic nitrogens is 2. The standard InChI is InChI=1S/C14H11N3OS/c1-2-3-10-6-11-13(19-10)16-12-5-4-9(7-15)8-17(12)14(11)18/h4-6,8H,2-3H2,1H3. The number of rotatable bonds is 2. The van der Waals surface area contributed by atoms with Crippen LogP contribution in [0, 0.1) is 11.3 Å². The summed E-state index contributed by atoms with van der Waals surface area (Å²) in [5.41, 5.74) is 0.942. The predicted octanol–water partition coefficient (Wildman–Crippen LogP) is 2.73. The molecule has 0 aromatic carbocycles. The summed E-state index contributed by atoms with van der Waals surface area (Å²) in [6.07, 6.45) is 3.55. The molecule has 3 rings (SSSR count). The van der Waals surface area contributed by atoms with Crippen LogP contribution in [0.1, 0.15) is 23.8 Å². The van der Waals surface area contributed by atoms with E-state index in [0.717, 1.165) is 17.7 Å². The van der Waals surface area contributed by atoms with Crippen molar-refractivity contribution in [1.82, 2.24) is 9.38 Å². The van der Waals surface area contributed by atoms with Gasteiger partial charge in [-0.1, -0.05) is 13.3 Å². The highest BCUT2D eigenvalue weighted by molar-refractivity contribution is 7.18. The second-order valence-corrected chi connectivity index (χ2v) is 5.47. The van der Waals surface area contributed by atoms with Gasteiger partial charge in [0.2, 0.25) is 0 Å². The zero-order chi connectivity index (χ0) is 13.4. The third kappa shape index (κ3) is 1.90. The van der Waals surface area contributed by atoms with Crippen molar-refractivity contribution in [2.45, 2.75) is 19.8 Å². The van der Waals surface area contributed by atoms with Crippen molar-refractivity contribution in [1.29, 1.82) is 5.26 Å². The van der Waals surface area contributed by atoms with E-state index < -0.39 is 0 Å². The lowest BCUT2D eigenvalue weighted by atomic mass is 10.2. The first-order valence-electron chi connectivity index (χ1n) is 6.08. The van der Waals surface area contributed by atoms with E-state index in [9.17, 15) is 4.79 Å². The summed E-state index contributed by atoms with van der Waals surface area (Å²) < 4.78 is 1.45. The van der Waals surface area contributed by atoms with Gasteiger partial charge in [-0.15, -0.1) is 11.3 Å². The average molecular weight is 269 g/mol. The van der Waals surface area contributed by atoms with E-state index in [4.69, 9.17) is 5.26 Å². The maximum atomic E-state index is 12.4. The van der Waals surface area contributed by atoms with Gasteiger partial charge in [-0.25, -0.2) is 4.98 Å². The molecule has 19 heavy (non-hydrogen) atoms. The third-order valence-electron chi connectivity index (χ3n) is 2.98. The van der Waals surface area contributed by atoms with Gasteiger partial charge in [0.15, 0.2) is 0 Å². The van der Waals surface area contributed by atoms with E-state index in [0.29, 0.717) is 16.6 Å². The summed E-state index contributed by atoms with van der Waals surface area (Å²) in [7, 11) is 0. The summed E-state index contributed by atoms with van der Waals surface area (Å²) in [4.78, 5) is 18.8. The first-order valence-corrected chi connectivity index (χ1v) is 6.89. The molecule has 3 aromatic rings. The van der Waals surface area contributed by atoms with Crippen LogP contribution >= 0.6 is 11.3 Å². The second-order valence-electron chi connectivity index (χ2n) is 4.36. The molecule has 4 nitrogen and oxygen atoms in total. The van der Waals surface area contributed by atoms with Gasteiger partial charge in [-0.3, -0.25) is 9.20 Å². The third-order valence-corrected chi connectivity index (χ3v) is 4.07. The Hall–Kier alpha value is -2.19. The average Bonchev–Trinajstić information content (AvgIpc) is 2.82. The van der Waals surface area contributed by atoms with Crippen molar-refractivity contribution in [2.24, 2.45) is 0 Å². The second kappa shape index (κ2) is 4.48. The molecule has 0 N–H and O–H groups in total. The molecule has 0 saturated heterocycles. The molecule has 0 unspecified atom stereocenters. The summed E-state index contributed by atoms with van der Waals surface area (Å²) >= 11 is 1.57. The van der Waals surface area contributed by atoms with Crippen LogP contribution in [0.4, 0.5) is 0 Å². The number of hydrogen-bond acceptors (Lipinski definition) is 4. The highest BCUT2D eigenvalue weighted by atomic mass is 32.1. The fourth-order valence-electron chi connectivity index (χ4n) is 2.08. The molecule has 0 radical (unpaired) electrons. The zero-order valence-corrected chi connectivity index (χ0v) is 11.2. The Morgan fingerprint density at radius 1 is 1.47 bits per heavy atom. The van der Waals surface area contributed by atoms with Crippen LogP contribution < -0.4 is 5.56 Å². The van der Waals surface area contributed by atoms with Crippen LogP contribution in [0.15, 0.2) is 29.2 Å². The molecule has 0 saturated carbocycles. The van der Waals surface area contributed by atoms with E-state index in [1.807, 2.05) is 12.1 Å². The molecule has 0 aliphatic heterocycles. The fourth-order valence-corrected chi connectivity index (χ4v) is 3.21. The first kappa shape index (κ1) is 11.9. The number of aryl methyl sites for hydroxylation is 1. The highest BCUT2D eigenvalue weighted by Crippen LogP contribution is 2.23. The minimum Gasteiger partial charge on any atom is -0.268 e. The van der Waals surface area contributed by atoms with Crippen LogP contribution in [0.3, 0.4) is 0 Å². The number of fused-ring (bicyclic) bond motifs is 2. The number of hydrogen-bond donors (Lipinski definition) is 0. The van der Waals surface area contributed by atoms with Gasteiger partial charge in [0.1, 0.15) is 16.5 Å². The van der Waals surface area contributed by atoms with Crippen molar-refractivity contribution in [2.75, 3.05) is 0 Å². The molecule has 3 heterocycles. The molecule has 0 bridgehead atoms. The Bertz CT molecular complexity index is 870. The van der Waals surface area contributed by atoms with E-state index in [1.54, 1.807) is 29.7 Å². The Labute approximate surface area is 113 Å². The SMILES string of the molecule is CCCc1cc2c(=O)n3cc(C#N)ccc3nc2s1. The van der Waals surface area contributed by atoms with Gasteiger partial charge in [0.05, 0.1) is 10.9 Å². The van der Waals surface area contributed by atoms with Crippen molar-refractivity contribution in [3.05, 3.63) is 45.2 Å². The van der Waals surface area contributed by atoms with Gasteiger partial charge in [0.25, 0.3) is 5.56 Å². The lowest BCUT2D eigenvalue weighted by molar-refractivity contribution is 0.940. The largest absolute Gasteiger partial charge is 0.268 e. The van der Waals surface area contributed by atoms with Crippen LogP contribution in [0.2, 0.25) is 0 Å². The molecular formula is C14H11N3OS. The van der Waals surface area contributed by atoms with Crippen molar-refractivity contribution in [3.8, 4) is 6.07 Å². The van der Waals surface area contributed by atoms with E-state index in [-0.39, 0.29) is 5.56 Å². The lowest BCUT2D eigenvalue weighted by Gasteiger charge is -1.99. The summed E-state index contributed by atoms with van der Waals surface area (Å²) in [6, 6.07) is 7.34. The van der Waals surface area contributed by atoms with Crippen molar-refractivity contribution in [3.63, 3.8) is 0 Å². The summed E-state index contributed by atoms with van der Waals surface area (Å²) in [5, 5.41) is 9.53. The molecule has 0 amide bonds. The molecular weight excluding hydrogens is 258 g/mol. The van der Waals surface area contributed by atoms with Crippen molar-refractivity contribution < 1.29 is 0 Å². The summed E-state index contributed by atoms with van der Waals surface area (Å²) in [6.45, 7) is 2.11. The number of pyridine rings is 1. The minimum absolute atomic E-state index is 0.101. The monoisotopic (exact) mass is 269 g/mol. The van der Waals surface area contributed by atoms with Crippen LogP contribution in [-0.4, -0.2) is 9.38 Å². The highest BCUT2D eigenvalue weighted by Gasteiger charge is 2.09. The lowest BCUT2D eigenvalue weighted by Crippen LogP contribution is -2.14. The van der Waals surface area contributed by atoms with Gasteiger partial charge >= 0.3 is 0 Å². The molecule has 0 spiro atoms. The van der Waals surface area contributed by atoms with Crippen LogP contribution in [0.25, 0.3) is 15.9 Å². The van der Waals surface area contributed by atoms with Crippen LogP contribution in [-0.2, 0) is 6.42 Å². The predicted molar refractivity (Wildman–Crippen MR) is 75.6 cm³/mol. The minimum atomic E-state index is -0.101. The molecule has 3 aromatic heterocycles. The maximum absolute atomic E-state index is 12.4. The van der Waals surface area contributed by atoms with E-state index in [1.165, 1.54) is 9.28 Å². The number of nitrogens with zero attached hydrogens (tertiary/aromatic N) is 3. The Kier molecular flexibility index (Phi) is 2.80. The summed E-state index contributed by atoms with van der Waals surface area (Å²) in [5.74, 6) is 0. The molecule has 5 heteroatoms. The maximum Gasteiger partial charge on any atom is 0.266 e. The quantitative estimate of drug-likeness (QED) is 0.718. The van der Waals surface area contributed by atoms with Gasteiger partial charge in [0, 0.05) is 11.1 Å². The zero-order valence-electron chi connectivity index (χ0n) is 10.4. The topological polar surface area (TPSA) is 58.2 Å². The smallest absolute Gasteiger partial charge is 0.266 e. The number of nitriles is 1. The number of thiophene rings is 1. The normalized spacial score (nSPS) is 10.9. The van der Waals surface area contributed by atoms with E-state index in [2.05, 4.69) is 11.9 Å². The molecule has 0 fully saturated rings. The van der Waals surface area contributed by atoms with Gasteiger partial charge in [-0.05, 0) is 24.6 Å². The van der Waals surface area contributed by atoms with Crippen LogP contribution in [0.5, 0.6) is 0 Å². The van der Waals surface area contributed by atoms with Crippen molar-refractivity contribution >= 4 is 27.2 Å². The molecule has 0 aliphatic carbocycles. The first-order chi connectivity index (χ1) is 9.22. The molecule has 0 aliphatic rings. The Morgan fingerprint density at radius 3 is 3.05 bits per heavy atom.